The van der Waals surface area contributed by atoms with Gasteiger partial charge in [-0.05, 0) is 0 Å². The van der Waals surface area contributed by atoms with E-state index in [0.717, 1.165) is 0 Å². The SMILES string of the molecule is NC1(N)OC(=O)C(N)(N)OC1=O. The normalized spacial score (nSPS) is 26.0. The molecule has 0 aromatic rings. The van der Waals surface area contributed by atoms with Gasteiger partial charge in [-0.2, -0.15) is 0 Å². The molecule has 0 bridgehead atoms. The average molecular weight is 176 g/mol. The zero-order chi connectivity index (χ0) is 9.57. The Kier molecular flexibility index (Phi) is 1.58. The highest BCUT2D eigenvalue weighted by Crippen LogP contribution is 2.13. The van der Waals surface area contributed by atoms with Gasteiger partial charge in [-0.1, -0.05) is 0 Å². The fourth-order valence-electron chi connectivity index (χ4n) is 0.550. The summed E-state index contributed by atoms with van der Waals surface area (Å²) >= 11 is 0. The molecule has 0 aliphatic carbocycles. The highest BCUT2D eigenvalue weighted by molar-refractivity contribution is 5.91. The molecule has 1 aliphatic heterocycles. The summed E-state index contributed by atoms with van der Waals surface area (Å²) < 4.78 is 8.39. The van der Waals surface area contributed by atoms with Crippen molar-refractivity contribution < 1.29 is 19.1 Å². The summed E-state index contributed by atoms with van der Waals surface area (Å²) in [6.45, 7) is 0. The molecule has 68 valence electrons. The first kappa shape index (κ1) is 8.87. The molecule has 0 amide bonds. The molecule has 1 rings (SSSR count). The largest absolute Gasteiger partial charge is 0.414 e. The number of carbonyl (C=O) groups excluding carboxylic acids is 2. The molecule has 0 atom stereocenters. The minimum atomic E-state index is -2.31. The van der Waals surface area contributed by atoms with Crippen molar-refractivity contribution in [2.45, 2.75) is 11.7 Å². The van der Waals surface area contributed by atoms with Crippen LogP contribution in [-0.2, 0) is 19.1 Å². The maximum Gasteiger partial charge on any atom is 0.386 e. The van der Waals surface area contributed by atoms with Gasteiger partial charge in [0.15, 0.2) is 0 Å². The maximum atomic E-state index is 10.8. The molecule has 0 saturated carbocycles. The van der Waals surface area contributed by atoms with E-state index in [1.54, 1.807) is 0 Å². The van der Waals surface area contributed by atoms with Crippen molar-refractivity contribution in [2.75, 3.05) is 0 Å². The predicted octanol–water partition coefficient (Wildman–Crippen LogP) is -3.77. The maximum absolute atomic E-state index is 10.8. The van der Waals surface area contributed by atoms with Gasteiger partial charge in [-0.25, -0.2) is 9.59 Å². The van der Waals surface area contributed by atoms with Crippen molar-refractivity contribution in [3.63, 3.8) is 0 Å². The highest BCUT2D eigenvalue weighted by atomic mass is 16.7. The number of rotatable bonds is 0. The Morgan fingerprint density at radius 3 is 1.33 bits per heavy atom. The molecular formula is C4H8N4O4. The van der Waals surface area contributed by atoms with Crippen molar-refractivity contribution in [2.24, 2.45) is 22.9 Å². The van der Waals surface area contributed by atoms with Crippen LogP contribution in [0.15, 0.2) is 0 Å². The number of esters is 2. The molecule has 1 heterocycles. The van der Waals surface area contributed by atoms with Gasteiger partial charge >= 0.3 is 23.6 Å². The van der Waals surface area contributed by atoms with Crippen LogP contribution in [0, 0.1) is 0 Å². The predicted molar refractivity (Wildman–Crippen MR) is 34.4 cm³/mol. The van der Waals surface area contributed by atoms with E-state index in [2.05, 4.69) is 9.47 Å². The van der Waals surface area contributed by atoms with E-state index in [0.29, 0.717) is 0 Å². The third-order valence-corrected chi connectivity index (χ3v) is 1.16. The molecule has 1 fully saturated rings. The van der Waals surface area contributed by atoms with E-state index in [-0.39, 0.29) is 0 Å². The van der Waals surface area contributed by atoms with Crippen LogP contribution < -0.4 is 22.9 Å². The van der Waals surface area contributed by atoms with Crippen LogP contribution in [0.2, 0.25) is 0 Å². The molecule has 0 aromatic carbocycles. The van der Waals surface area contributed by atoms with Gasteiger partial charge in [0.1, 0.15) is 0 Å². The molecular weight excluding hydrogens is 168 g/mol. The Morgan fingerprint density at radius 1 is 0.833 bits per heavy atom. The van der Waals surface area contributed by atoms with Crippen LogP contribution in [0.4, 0.5) is 0 Å². The number of hydrogen-bond acceptors (Lipinski definition) is 8. The average Bonchev–Trinajstić information content (AvgIpc) is 1.82. The highest BCUT2D eigenvalue weighted by Gasteiger charge is 2.51. The van der Waals surface area contributed by atoms with Crippen LogP contribution in [-0.4, -0.2) is 23.6 Å². The molecule has 12 heavy (non-hydrogen) atoms. The van der Waals surface area contributed by atoms with E-state index in [4.69, 9.17) is 22.9 Å². The van der Waals surface area contributed by atoms with Gasteiger partial charge in [0.05, 0.1) is 0 Å². The van der Waals surface area contributed by atoms with E-state index in [9.17, 15) is 9.59 Å². The quantitative estimate of drug-likeness (QED) is 0.216. The summed E-state index contributed by atoms with van der Waals surface area (Å²) in [4.78, 5) is 21.5. The standard InChI is InChI=1S/C4H8N4O4/c5-3(6)1(9)11-4(7,8)2(10)12-3/h5-8H2. The minimum absolute atomic E-state index is 1.20. The summed E-state index contributed by atoms with van der Waals surface area (Å²) in [6, 6.07) is 0. The number of nitrogens with two attached hydrogens (primary N) is 4. The van der Waals surface area contributed by atoms with Gasteiger partial charge in [0.2, 0.25) is 0 Å². The van der Waals surface area contributed by atoms with E-state index in [1.807, 2.05) is 0 Å². The minimum Gasteiger partial charge on any atom is -0.414 e. The van der Waals surface area contributed by atoms with Crippen LogP contribution in [0.25, 0.3) is 0 Å². The molecule has 1 saturated heterocycles. The fraction of sp³-hybridized carbons (Fsp3) is 0.500. The lowest BCUT2D eigenvalue weighted by atomic mass is 10.3. The summed E-state index contributed by atoms with van der Waals surface area (Å²) in [6.07, 6.45) is 0. The van der Waals surface area contributed by atoms with Crippen molar-refractivity contribution >= 4 is 11.9 Å². The molecule has 8 N–H and O–H groups in total. The van der Waals surface area contributed by atoms with E-state index >= 15 is 0 Å². The molecule has 0 radical (unpaired) electrons. The Bertz CT molecular complexity index is 221. The Balaban J connectivity index is 2.91. The number of cyclic esters (lactones) is 2. The number of ether oxygens (including phenoxy) is 2. The van der Waals surface area contributed by atoms with E-state index in [1.165, 1.54) is 0 Å². The van der Waals surface area contributed by atoms with Crippen LogP contribution >= 0.6 is 0 Å². The number of hydrogen-bond donors (Lipinski definition) is 4. The fourth-order valence-corrected chi connectivity index (χ4v) is 0.550. The lowest BCUT2D eigenvalue weighted by Gasteiger charge is -2.34. The lowest BCUT2D eigenvalue weighted by molar-refractivity contribution is -0.224. The van der Waals surface area contributed by atoms with Crippen LogP contribution in [0.1, 0.15) is 0 Å². The zero-order valence-electron chi connectivity index (χ0n) is 5.94. The first-order valence-corrected chi connectivity index (χ1v) is 2.88. The third-order valence-electron chi connectivity index (χ3n) is 1.16. The molecule has 1 aliphatic rings. The van der Waals surface area contributed by atoms with Crippen molar-refractivity contribution in [1.29, 1.82) is 0 Å². The molecule has 0 spiro atoms. The molecule has 0 unspecified atom stereocenters. The summed E-state index contributed by atoms with van der Waals surface area (Å²) in [7, 11) is 0. The Hall–Kier alpha value is -1.22. The molecule has 0 aromatic heterocycles. The monoisotopic (exact) mass is 176 g/mol. The number of carbonyl (C=O) groups is 2. The second-order valence-corrected chi connectivity index (χ2v) is 2.37. The summed E-state index contributed by atoms with van der Waals surface area (Å²) in [5.74, 6) is -7.02. The van der Waals surface area contributed by atoms with Gasteiger partial charge in [0.25, 0.3) is 0 Å². The van der Waals surface area contributed by atoms with Gasteiger partial charge in [-0.3, -0.25) is 22.9 Å². The summed E-state index contributed by atoms with van der Waals surface area (Å²) in [5.41, 5.74) is 19.9. The lowest BCUT2D eigenvalue weighted by Crippen LogP contribution is -2.74. The zero-order valence-corrected chi connectivity index (χ0v) is 5.94. The van der Waals surface area contributed by atoms with Crippen molar-refractivity contribution in [1.82, 2.24) is 0 Å². The molecule has 8 nitrogen and oxygen atoms in total. The van der Waals surface area contributed by atoms with Crippen LogP contribution in [0.5, 0.6) is 0 Å². The Morgan fingerprint density at radius 2 is 1.08 bits per heavy atom. The second kappa shape index (κ2) is 2.14. The summed E-state index contributed by atoms with van der Waals surface area (Å²) in [5, 5.41) is 0. The second-order valence-electron chi connectivity index (χ2n) is 2.37. The topological polar surface area (TPSA) is 157 Å². The third kappa shape index (κ3) is 1.23. The van der Waals surface area contributed by atoms with Crippen LogP contribution in [0.3, 0.4) is 0 Å². The first-order valence-electron chi connectivity index (χ1n) is 2.88. The first-order chi connectivity index (χ1) is 5.26. The van der Waals surface area contributed by atoms with E-state index < -0.39 is 23.6 Å². The molecule has 8 heteroatoms. The van der Waals surface area contributed by atoms with Gasteiger partial charge in [0, 0.05) is 0 Å². The smallest absolute Gasteiger partial charge is 0.386 e. The van der Waals surface area contributed by atoms with Crippen molar-refractivity contribution in [3.8, 4) is 0 Å². The van der Waals surface area contributed by atoms with Crippen molar-refractivity contribution in [3.05, 3.63) is 0 Å². The van der Waals surface area contributed by atoms with Gasteiger partial charge < -0.3 is 9.47 Å². The Labute approximate surface area is 66.7 Å². The van der Waals surface area contributed by atoms with Gasteiger partial charge in [-0.15, -0.1) is 0 Å².